The molecule has 3 amide bonds. The maximum Gasteiger partial charge on any atom is 0.283 e. The summed E-state index contributed by atoms with van der Waals surface area (Å²) in [6, 6.07) is 17.8. The fraction of sp³-hybridized carbons (Fsp3) is 0.0800. The van der Waals surface area contributed by atoms with Crippen molar-refractivity contribution in [3.63, 3.8) is 0 Å². The van der Waals surface area contributed by atoms with Crippen LogP contribution >= 0.6 is 34.8 Å². The molecule has 0 saturated heterocycles. The first-order valence-corrected chi connectivity index (χ1v) is 11.6. The van der Waals surface area contributed by atoms with Crippen LogP contribution in [0.5, 0.6) is 5.75 Å². The van der Waals surface area contributed by atoms with Crippen LogP contribution in [0.1, 0.15) is 17.3 Å². The van der Waals surface area contributed by atoms with Gasteiger partial charge in [-0.3, -0.25) is 14.4 Å². The van der Waals surface area contributed by atoms with E-state index in [-0.39, 0.29) is 21.3 Å². The molecule has 0 bridgehead atoms. The summed E-state index contributed by atoms with van der Waals surface area (Å²) < 4.78 is 5.39. The molecule has 35 heavy (non-hydrogen) atoms. The molecule has 0 spiro atoms. The molecule has 4 rings (SSSR count). The van der Waals surface area contributed by atoms with Crippen molar-refractivity contribution in [2.24, 2.45) is 0 Å². The zero-order valence-corrected chi connectivity index (χ0v) is 20.5. The zero-order chi connectivity index (χ0) is 25.1. The molecule has 3 aromatic carbocycles. The summed E-state index contributed by atoms with van der Waals surface area (Å²) in [7, 11) is 0. The van der Waals surface area contributed by atoms with E-state index in [1.807, 2.05) is 6.92 Å². The number of hydrogen-bond donors (Lipinski definition) is 2. The van der Waals surface area contributed by atoms with E-state index in [1.165, 1.54) is 6.07 Å². The number of anilines is 3. The van der Waals surface area contributed by atoms with Gasteiger partial charge in [-0.2, -0.15) is 0 Å². The monoisotopic (exact) mass is 529 g/mol. The number of halogens is 3. The number of carbonyl (C=O) groups excluding carboxylic acids is 3. The Kier molecular flexibility index (Phi) is 7.31. The molecule has 0 aromatic heterocycles. The lowest BCUT2D eigenvalue weighted by Crippen LogP contribution is -2.32. The molecule has 0 unspecified atom stereocenters. The van der Waals surface area contributed by atoms with Crippen LogP contribution in [0.4, 0.5) is 17.1 Å². The summed E-state index contributed by atoms with van der Waals surface area (Å²) >= 11 is 18.4. The molecule has 0 saturated carbocycles. The van der Waals surface area contributed by atoms with E-state index in [0.717, 1.165) is 4.90 Å². The van der Waals surface area contributed by atoms with E-state index < -0.39 is 17.7 Å². The highest BCUT2D eigenvalue weighted by Gasteiger charge is 2.39. The maximum atomic E-state index is 13.0. The Morgan fingerprint density at radius 1 is 0.943 bits per heavy atom. The second kappa shape index (κ2) is 10.4. The minimum absolute atomic E-state index is 0.0963. The molecule has 10 heteroatoms. The molecule has 1 aliphatic rings. The van der Waals surface area contributed by atoms with Crippen molar-refractivity contribution in [1.82, 2.24) is 0 Å². The van der Waals surface area contributed by atoms with Gasteiger partial charge in [0, 0.05) is 11.3 Å². The summed E-state index contributed by atoms with van der Waals surface area (Å²) in [5.74, 6) is -1.11. The highest BCUT2D eigenvalue weighted by molar-refractivity contribution is 6.53. The van der Waals surface area contributed by atoms with Gasteiger partial charge in [-0.15, -0.1) is 0 Å². The van der Waals surface area contributed by atoms with Gasteiger partial charge in [0.05, 0.1) is 28.0 Å². The predicted molar refractivity (Wildman–Crippen MR) is 137 cm³/mol. The Balaban J connectivity index is 1.52. The number of hydrogen-bond acceptors (Lipinski definition) is 5. The van der Waals surface area contributed by atoms with Gasteiger partial charge in [0.1, 0.15) is 16.5 Å². The molecule has 2 N–H and O–H groups in total. The molecule has 3 aromatic rings. The van der Waals surface area contributed by atoms with Crippen molar-refractivity contribution in [3.05, 3.63) is 93.1 Å². The average Bonchev–Trinajstić information content (AvgIpc) is 3.06. The van der Waals surface area contributed by atoms with E-state index in [4.69, 9.17) is 39.5 Å². The van der Waals surface area contributed by atoms with Gasteiger partial charge in [-0.1, -0.05) is 46.9 Å². The quantitative estimate of drug-likeness (QED) is 0.362. The third-order valence-corrected chi connectivity index (χ3v) is 6.20. The van der Waals surface area contributed by atoms with Gasteiger partial charge >= 0.3 is 0 Å². The number of nitrogens with zero attached hydrogens (tertiary/aromatic N) is 1. The standard InChI is InChI=1S/C25H18Cl3N3O4/c1-2-35-17-11-9-16(10-12-17)31-24(33)21(28)22(25(31)34)29-15-6-3-5-14(13-15)23(32)30-19-8-4-7-18(26)20(19)27/h3-13,29H,2H2,1H3,(H,30,32). The summed E-state index contributed by atoms with van der Waals surface area (Å²) in [6.07, 6.45) is 0. The Labute approximate surface area is 216 Å². The summed E-state index contributed by atoms with van der Waals surface area (Å²) in [5, 5.41) is 5.83. The molecule has 0 aliphatic carbocycles. The lowest BCUT2D eigenvalue weighted by atomic mass is 10.1. The van der Waals surface area contributed by atoms with E-state index in [2.05, 4.69) is 10.6 Å². The maximum absolute atomic E-state index is 13.0. The van der Waals surface area contributed by atoms with Gasteiger partial charge in [0.2, 0.25) is 0 Å². The van der Waals surface area contributed by atoms with Crippen molar-refractivity contribution in [3.8, 4) is 5.75 Å². The van der Waals surface area contributed by atoms with Crippen LogP contribution in [0.2, 0.25) is 10.0 Å². The number of ether oxygens (including phenoxy) is 1. The molecule has 1 aliphatic heterocycles. The first-order chi connectivity index (χ1) is 16.8. The number of nitrogens with one attached hydrogen (secondary N) is 2. The van der Waals surface area contributed by atoms with E-state index >= 15 is 0 Å². The van der Waals surface area contributed by atoms with Gasteiger partial charge in [0.25, 0.3) is 17.7 Å². The Morgan fingerprint density at radius 2 is 1.66 bits per heavy atom. The summed E-state index contributed by atoms with van der Waals surface area (Å²) in [6.45, 7) is 2.35. The molecule has 0 fully saturated rings. The van der Waals surface area contributed by atoms with Gasteiger partial charge < -0.3 is 15.4 Å². The van der Waals surface area contributed by atoms with Crippen molar-refractivity contribution in [2.45, 2.75) is 6.92 Å². The second-order valence-electron chi connectivity index (χ2n) is 7.32. The van der Waals surface area contributed by atoms with E-state index in [1.54, 1.807) is 60.7 Å². The molecule has 0 radical (unpaired) electrons. The molecule has 7 nitrogen and oxygen atoms in total. The summed E-state index contributed by atoms with van der Waals surface area (Å²) in [5.41, 5.74) is 1.28. The lowest BCUT2D eigenvalue weighted by Gasteiger charge is -2.16. The van der Waals surface area contributed by atoms with Crippen molar-refractivity contribution < 1.29 is 19.1 Å². The third kappa shape index (κ3) is 5.12. The Hall–Kier alpha value is -3.52. The minimum Gasteiger partial charge on any atom is -0.494 e. The van der Waals surface area contributed by atoms with Gasteiger partial charge in [-0.05, 0) is 61.5 Å². The van der Waals surface area contributed by atoms with Crippen LogP contribution in [-0.2, 0) is 9.59 Å². The number of rotatable bonds is 7. The van der Waals surface area contributed by atoms with Crippen LogP contribution < -0.4 is 20.3 Å². The van der Waals surface area contributed by atoms with Crippen LogP contribution in [0, 0.1) is 0 Å². The fourth-order valence-electron chi connectivity index (χ4n) is 3.38. The number of carbonyl (C=O) groups is 3. The third-order valence-electron chi connectivity index (χ3n) is 5.03. The fourth-order valence-corrected chi connectivity index (χ4v) is 3.94. The number of amides is 3. The van der Waals surface area contributed by atoms with Crippen molar-refractivity contribution in [2.75, 3.05) is 22.1 Å². The number of imide groups is 1. The normalized spacial score (nSPS) is 13.3. The van der Waals surface area contributed by atoms with E-state index in [9.17, 15) is 14.4 Å². The predicted octanol–water partition coefficient (Wildman–Crippen LogP) is 6.08. The van der Waals surface area contributed by atoms with Crippen LogP contribution in [0.3, 0.4) is 0 Å². The van der Waals surface area contributed by atoms with Crippen molar-refractivity contribution in [1.29, 1.82) is 0 Å². The highest BCUT2D eigenvalue weighted by atomic mass is 35.5. The van der Waals surface area contributed by atoms with Gasteiger partial charge in [0.15, 0.2) is 0 Å². The highest BCUT2D eigenvalue weighted by Crippen LogP contribution is 2.32. The SMILES string of the molecule is CCOc1ccc(N2C(=O)C(Cl)=C(Nc3cccc(C(=O)Nc4cccc(Cl)c4Cl)c3)C2=O)cc1. The molecular formula is C25H18Cl3N3O4. The second-order valence-corrected chi connectivity index (χ2v) is 8.49. The largest absolute Gasteiger partial charge is 0.494 e. The lowest BCUT2D eigenvalue weighted by molar-refractivity contribution is -0.120. The topological polar surface area (TPSA) is 87.7 Å². The Morgan fingerprint density at radius 3 is 2.37 bits per heavy atom. The van der Waals surface area contributed by atoms with Crippen LogP contribution in [0.15, 0.2) is 77.5 Å². The van der Waals surface area contributed by atoms with Crippen LogP contribution in [0.25, 0.3) is 0 Å². The molecular weight excluding hydrogens is 513 g/mol. The minimum atomic E-state index is -0.659. The van der Waals surface area contributed by atoms with Crippen LogP contribution in [-0.4, -0.2) is 24.3 Å². The van der Waals surface area contributed by atoms with Gasteiger partial charge in [-0.25, -0.2) is 4.90 Å². The summed E-state index contributed by atoms with van der Waals surface area (Å²) in [4.78, 5) is 39.5. The smallest absolute Gasteiger partial charge is 0.283 e. The number of benzene rings is 3. The van der Waals surface area contributed by atoms with E-state index in [0.29, 0.717) is 34.4 Å². The Bertz CT molecular complexity index is 1360. The first kappa shape index (κ1) is 24.6. The molecule has 178 valence electrons. The van der Waals surface area contributed by atoms with Crippen molar-refractivity contribution >= 4 is 69.6 Å². The zero-order valence-electron chi connectivity index (χ0n) is 18.3. The first-order valence-electron chi connectivity index (χ1n) is 10.4. The molecule has 0 atom stereocenters. The average molecular weight is 531 g/mol. The molecule has 1 heterocycles.